The lowest BCUT2D eigenvalue weighted by Gasteiger charge is -2.31. The molecule has 1 amide bonds. The van der Waals surface area contributed by atoms with Crippen molar-refractivity contribution in [2.24, 2.45) is 0 Å². The van der Waals surface area contributed by atoms with Gasteiger partial charge in [0, 0.05) is 51.0 Å². The SMILES string of the molecule is CO[C@H]1CN(C)C(=O)[C@@H]2C[C@@H](CN2c2nc3nc4c2cnn4-c2ccc(F)cc2OCCOCCO3)Nc2cccc(n2)-c2cc(F)cc3nc(C)n(c23)C1. The predicted octanol–water partition coefficient (Wildman–Crippen LogP) is 4.15. The van der Waals surface area contributed by atoms with Crippen LogP contribution in [-0.4, -0.2) is 117 Å². The summed E-state index contributed by atoms with van der Waals surface area (Å²) < 4.78 is 56.6. The lowest BCUT2D eigenvalue weighted by molar-refractivity contribution is -0.132. The standard InChI is InChI=1S/C38H38F2N10O5/c1-21-42-29-14-23(40)13-26-28-5-4-6-33(44-28)43-24-16-31(37(51)47(2)19-25(52-3)20-48(21)34(26)29)49(18-24)35-27-17-41-50-30-8-7-22(39)15-32(30)54-11-9-53-10-12-55-38(45-35)46-36(27)50/h4-8,13-15,17,24-25,31H,9-12,16,18-20H2,1-3H3,(H,43,44)/t24-,25-,31-/m0/s1. The third kappa shape index (κ3) is 6.42. The first-order valence-corrected chi connectivity index (χ1v) is 18.1. The zero-order chi connectivity index (χ0) is 37.8. The quantitative estimate of drug-likeness (QED) is 0.271. The molecule has 3 atom stereocenters. The average Bonchev–Trinajstić information content (AvgIpc) is 3.87. The lowest BCUT2D eigenvalue weighted by atomic mass is 10.1. The Morgan fingerprint density at radius 1 is 0.927 bits per heavy atom. The van der Waals surface area contributed by atoms with Crippen LogP contribution in [0, 0.1) is 18.6 Å². The summed E-state index contributed by atoms with van der Waals surface area (Å²) in [6.45, 7) is 3.68. The topological polar surface area (TPSA) is 147 Å². The van der Waals surface area contributed by atoms with Gasteiger partial charge in [0.1, 0.15) is 59.8 Å². The van der Waals surface area contributed by atoms with Crippen LogP contribution < -0.4 is 19.7 Å². The van der Waals surface area contributed by atoms with Gasteiger partial charge in [-0.25, -0.2) is 23.4 Å². The number of ether oxygens (including phenoxy) is 4. The third-order valence-corrected chi connectivity index (χ3v) is 10.3. The number of amides is 1. The summed E-state index contributed by atoms with van der Waals surface area (Å²) >= 11 is 0. The van der Waals surface area contributed by atoms with Crippen LogP contribution in [0.15, 0.2) is 54.7 Å². The Bertz CT molecular complexity index is 2440. The highest BCUT2D eigenvalue weighted by atomic mass is 19.1. The molecule has 7 heterocycles. The molecule has 6 aromatic rings. The second-order valence-electron chi connectivity index (χ2n) is 13.9. The number of imidazole rings is 1. The number of methoxy groups -OCH3 is 1. The summed E-state index contributed by atoms with van der Waals surface area (Å²) in [6, 6.07) is 11.8. The van der Waals surface area contributed by atoms with E-state index in [4.69, 9.17) is 33.9 Å². The molecular formula is C38H38F2N10O5. The van der Waals surface area contributed by atoms with Crippen LogP contribution in [0.2, 0.25) is 0 Å². The van der Waals surface area contributed by atoms with Gasteiger partial charge < -0.3 is 38.6 Å². The zero-order valence-electron chi connectivity index (χ0n) is 30.4. The minimum absolute atomic E-state index is 0.0662. The first-order valence-electron chi connectivity index (χ1n) is 18.1. The smallest absolute Gasteiger partial charge is 0.320 e. The fourth-order valence-corrected chi connectivity index (χ4v) is 7.73. The van der Waals surface area contributed by atoms with Gasteiger partial charge in [0.15, 0.2) is 5.65 Å². The van der Waals surface area contributed by atoms with Gasteiger partial charge in [0.25, 0.3) is 0 Å². The minimum atomic E-state index is -0.675. The number of fused-ring (bicyclic) bond motifs is 8. The summed E-state index contributed by atoms with van der Waals surface area (Å²) in [5.41, 5.74) is 3.27. The molecule has 9 rings (SSSR count). The largest absolute Gasteiger partial charge is 0.489 e. The molecule has 0 unspecified atom stereocenters. The number of carbonyl (C=O) groups is 1. The number of nitrogens with zero attached hydrogens (tertiary/aromatic N) is 9. The molecule has 2 aromatic carbocycles. The highest BCUT2D eigenvalue weighted by molar-refractivity contribution is 5.94. The van der Waals surface area contributed by atoms with E-state index in [2.05, 4.69) is 15.4 Å². The molecule has 1 N–H and O–H groups in total. The van der Waals surface area contributed by atoms with Crippen LogP contribution in [0.5, 0.6) is 11.8 Å². The van der Waals surface area contributed by atoms with Crippen molar-refractivity contribution in [1.82, 2.24) is 39.2 Å². The molecule has 3 aliphatic heterocycles. The van der Waals surface area contributed by atoms with Gasteiger partial charge in [-0.1, -0.05) is 6.07 Å². The van der Waals surface area contributed by atoms with Crippen LogP contribution in [0.3, 0.4) is 0 Å². The van der Waals surface area contributed by atoms with E-state index in [1.807, 2.05) is 34.6 Å². The molecule has 15 nitrogen and oxygen atoms in total. The van der Waals surface area contributed by atoms with Crippen molar-refractivity contribution < 1.29 is 32.5 Å². The maximum Gasteiger partial charge on any atom is 0.320 e. The number of hydrogen-bond donors (Lipinski definition) is 1. The van der Waals surface area contributed by atoms with Crippen molar-refractivity contribution in [2.45, 2.75) is 38.1 Å². The van der Waals surface area contributed by atoms with E-state index in [1.165, 1.54) is 24.3 Å². The Kier molecular flexibility index (Phi) is 8.89. The van der Waals surface area contributed by atoms with Crippen molar-refractivity contribution in [3.63, 3.8) is 0 Å². The number of likely N-dealkylation sites (N-methyl/N-ethyl adjacent to an activating group) is 1. The molecule has 0 spiro atoms. The number of aromatic nitrogens is 7. The number of pyridine rings is 1. The van der Waals surface area contributed by atoms with Gasteiger partial charge in [-0.3, -0.25) is 4.79 Å². The van der Waals surface area contributed by atoms with Crippen molar-refractivity contribution in [1.29, 1.82) is 0 Å². The Hall–Kier alpha value is -5.94. The Morgan fingerprint density at radius 3 is 2.64 bits per heavy atom. The number of halogens is 2. The normalized spacial score (nSPS) is 20.5. The average molecular weight is 753 g/mol. The number of aryl methyl sites for hydroxylation is 1. The second-order valence-corrected chi connectivity index (χ2v) is 13.9. The van der Waals surface area contributed by atoms with E-state index >= 15 is 4.39 Å². The molecule has 1 saturated heterocycles. The number of nitrogens with one attached hydrogen (secondary N) is 1. The summed E-state index contributed by atoms with van der Waals surface area (Å²) in [4.78, 5) is 37.5. The summed E-state index contributed by atoms with van der Waals surface area (Å²) in [7, 11) is 3.37. The van der Waals surface area contributed by atoms with Crippen LogP contribution in [0.1, 0.15) is 12.2 Å². The molecular weight excluding hydrogens is 714 g/mol. The predicted molar refractivity (Wildman–Crippen MR) is 198 cm³/mol. The van der Waals surface area contributed by atoms with Crippen LogP contribution in [0.25, 0.3) is 39.0 Å². The lowest BCUT2D eigenvalue weighted by Crippen LogP contribution is -2.47. The molecule has 17 heteroatoms. The van der Waals surface area contributed by atoms with Crippen molar-refractivity contribution in [3.05, 3.63) is 72.2 Å². The van der Waals surface area contributed by atoms with Crippen LogP contribution in [0.4, 0.5) is 20.4 Å². The van der Waals surface area contributed by atoms with Gasteiger partial charge in [-0.15, -0.1) is 0 Å². The number of hydrogen-bond acceptors (Lipinski definition) is 12. The number of anilines is 2. The minimum Gasteiger partial charge on any atom is -0.489 e. The summed E-state index contributed by atoms with van der Waals surface area (Å²) in [5, 5.41) is 8.76. The first kappa shape index (κ1) is 34.8. The fourth-order valence-electron chi connectivity index (χ4n) is 7.73. The molecule has 0 radical (unpaired) electrons. The van der Waals surface area contributed by atoms with Gasteiger partial charge in [-0.2, -0.15) is 15.1 Å². The Balaban J connectivity index is 1.16. The van der Waals surface area contributed by atoms with Gasteiger partial charge in [0.2, 0.25) is 5.91 Å². The number of carbonyl (C=O) groups excluding carboxylic acids is 1. The van der Waals surface area contributed by atoms with Gasteiger partial charge in [-0.05, 0) is 43.7 Å². The van der Waals surface area contributed by atoms with Crippen LogP contribution >= 0.6 is 0 Å². The molecule has 6 bridgehead atoms. The fraction of sp³-hybridized carbons (Fsp3) is 0.368. The van der Waals surface area contributed by atoms with E-state index in [0.29, 0.717) is 70.5 Å². The van der Waals surface area contributed by atoms with E-state index in [0.717, 1.165) is 5.52 Å². The van der Waals surface area contributed by atoms with Gasteiger partial charge in [0.05, 0.1) is 54.2 Å². The highest BCUT2D eigenvalue weighted by Gasteiger charge is 2.41. The second kappa shape index (κ2) is 14.0. The molecule has 284 valence electrons. The molecule has 0 saturated carbocycles. The van der Waals surface area contributed by atoms with E-state index in [1.54, 1.807) is 36.0 Å². The van der Waals surface area contributed by atoms with E-state index in [-0.39, 0.29) is 56.7 Å². The van der Waals surface area contributed by atoms with Crippen molar-refractivity contribution >= 4 is 39.6 Å². The Labute approximate surface area is 313 Å². The maximum absolute atomic E-state index is 15.1. The van der Waals surface area contributed by atoms with E-state index < -0.39 is 23.8 Å². The number of rotatable bonds is 2. The zero-order valence-corrected chi connectivity index (χ0v) is 30.4. The summed E-state index contributed by atoms with van der Waals surface area (Å²) in [6.07, 6.45) is 1.60. The first-order chi connectivity index (χ1) is 26.7. The number of benzene rings is 2. The maximum atomic E-state index is 15.1. The highest BCUT2D eigenvalue weighted by Crippen LogP contribution is 2.37. The summed E-state index contributed by atoms with van der Waals surface area (Å²) in [5.74, 6) is 0.922. The molecule has 1 fully saturated rings. The molecule has 0 aliphatic carbocycles. The molecule has 55 heavy (non-hydrogen) atoms. The van der Waals surface area contributed by atoms with E-state index in [9.17, 15) is 9.18 Å². The van der Waals surface area contributed by atoms with Crippen molar-refractivity contribution in [3.8, 4) is 28.7 Å². The van der Waals surface area contributed by atoms with Crippen LogP contribution in [-0.2, 0) is 20.8 Å². The Morgan fingerprint density at radius 2 is 1.78 bits per heavy atom. The van der Waals surface area contributed by atoms with Crippen molar-refractivity contribution in [2.75, 3.05) is 63.9 Å². The van der Waals surface area contributed by atoms with Gasteiger partial charge >= 0.3 is 6.01 Å². The monoisotopic (exact) mass is 752 g/mol. The molecule has 3 aliphatic rings. The molecule has 4 aromatic heterocycles. The third-order valence-electron chi connectivity index (χ3n) is 10.3.